The molecule has 1 N–H and O–H groups in total. The van der Waals surface area contributed by atoms with Crippen LogP contribution in [0.25, 0.3) is 5.69 Å². The number of methoxy groups -OCH3 is 1. The number of aryl methyl sites for hydroxylation is 1. The van der Waals surface area contributed by atoms with Crippen molar-refractivity contribution in [1.29, 1.82) is 0 Å². The normalized spacial score (nSPS) is 10.9. The molecule has 0 bridgehead atoms. The van der Waals surface area contributed by atoms with Gasteiger partial charge in [0.1, 0.15) is 11.6 Å². The number of carbonyl (C=O) groups excluding carboxylic acids is 1. The van der Waals surface area contributed by atoms with E-state index in [0.29, 0.717) is 21.8 Å². The van der Waals surface area contributed by atoms with E-state index in [9.17, 15) is 9.18 Å². The average molecular weight is 511 g/mol. The summed E-state index contributed by atoms with van der Waals surface area (Å²) in [5.41, 5.74) is 3.65. The van der Waals surface area contributed by atoms with E-state index in [1.54, 1.807) is 19.2 Å². The van der Waals surface area contributed by atoms with E-state index in [4.69, 9.17) is 16.3 Å². The van der Waals surface area contributed by atoms with Gasteiger partial charge in [-0.15, -0.1) is 10.2 Å². The second-order valence-electron chi connectivity index (χ2n) is 7.89. The molecule has 6 nitrogen and oxygen atoms in total. The highest BCUT2D eigenvalue weighted by Gasteiger charge is 2.18. The van der Waals surface area contributed by atoms with E-state index in [1.165, 1.54) is 23.9 Å². The van der Waals surface area contributed by atoms with Gasteiger partial charge >= 0.3 is 0 Å². The van der Waals surface area contributed by atoms with Gasteiger partial charge in [0, 0.05) is 10.8 Å². The van der Waals surface area contributed by atoms with Crippen molar-refractivity contribution < 1.29 is 13.9 Å². The third kappa shape index (κ3) is 6.41. The summed E-state index contributed by atoms with van der Waals surface area (Å²) in [4.78, 5) is 12.5. The molecule has 0 aliphatic carbocycles. The van der Waals surface area contributed by atoms with Crippen LogP contribution in [0.15, 0.2) is 71.9 Å². The summed E-state index contributed by atoms with van der Waals surface area (Å²) in [6, 6.07) is 19.4. The van der Waals surface area contributed by atoms with Crippen LogP contribution in [0.3, 0.4) is 0 Å². The summed E-state index contributed by atoms with van der Waals surface area (Å²) < 4.78 is 20.4. The molecule has 0 aliphatic heterocycles. The predicted octanol–water partition coefficient (Wildman–Crippen LogP) is 5.53. The van der Waals surface area contributed by atoms with E-state index in [2.05, 4.69) is 15.5 Å². The van der Waals surface area contributed by atoms with Crippen molar-refractivity contribution in [2.75, 3.05) is 7.11 Å². The van der Waals surface area contributed by atoms with Crippen LogP contribution in [0.5, 0.6) is 5.75 Å². The summed E-state index contributed by atoms with van der Waals surface area (Å²) in [5, 5.41) is 12.9. The molecule has 0 radical (unpaired) electrons. The third-order valence-electron chi connectivity index (χ3n) is 5.34. The number of thioether (sulfide) groups is 1. The quantitative estimate of drug-likeness (QED) is 0.300. The molecule has 0 spiro atoms. The van der Waals surface area contributed by atoms with Gasteiger partial charge in [0.15, 0.2) is 11.0 Å². The van der Waals surface area contributed by atoms with Gasteiger partial charge in [0.2, 0.25) is 5.91 Å². The zero-order chi connectivity index (χ0) is 24.8. The molecular formula is C26H24ClFN4O2S. The molecule has 4 rings (SSSR count). The predicted molar refractivity (Wildman–Crippen MR) is 136 cm³/mol. The summed E-state index contributed by atoms with van der Waals surface area (Å²) in [6.45, 7) is 2.16. The van der Waals surface area contributed by atoms with Crippen molar-refractivity contribution >= 4 is 29.3 Å². The minimum Gasteiger partial charge on any atom is -0.497 e. The Morgan fingerprint density at radius 1 is 1.09 bits per heavy atom. The summed E-state index contributed by atoms with van der Waals surface area (Å²) in [7, 11) is 1.64. The molecule has 1 aromatic heterocycles. The Morgan fingerprint density at radius 3 is 2.66 bits per heavy atom. The number of halogens is 2. The first-order valence-electron chi connectivity index (χ1n) is 10.9. The van der Waals surface area contributed by atoms with Crippen molar-refractivity contribution in [2.24, 2.45) is 0 Å². The maximum Gasteiger partial charge on any atom is 0.224 e. The van der Waals surface area contributed by atoms with Crippen LogP contribution >= 0.6 is 23.4 Å². The highest BCUT2D eigenvalue weighted by molar-refractivity contribution is 7.98. The highest BCUT2D eigenvalue weighted by atomic mass is 35.5. The minimum atomic E-state index is -0.335. The number of carbonyl (C=O) groups is 1. The largest absolute Gasteiger partial charge is 0.497 e. The maximum absolute atomic E-state index is 13.1. The van der Waals surface area contributed by atoms with E-state index < -0.39 is 0 Å². The monoisotopic (exact) mass is 510 g/mol. The molecule has 0 fully saturated rings. The summed E-state index contributed by atoms with van der Waals surface area (Å²) >= 11 is 7.83. The number of nitrogens with zero attached hydrogens (tertiary/aromatic N) is 3. The third-order valence-corrected chi connectivity index (χ3v) is 6.57. The van der Waals surface area contributed by atoms with E-state index in [0.717, 1.165) is 28.1 Å². The molecule has 0 saturated carbocycles. The van der Waals surface area contributed by atoms with Crippen molar-refractivity contribution in [1.82, 2.24) is 20.1 Å². The van der Waals surface area contributed by atoms with Crippen LogP contribution in [-0.2, 0) is 23.5 Å². The minimum absolute atomic E-state index is 0.141. The second kappa shape index (κ2) is 11.4. The van der Waals surface area contributed by atoms with Crippen LogP contribution in [0.1, 0.15) is 22.5 Å². The fraction of sp³-hybridized carbons (Fsp3) is 0.192. The van der Waals surface area contributed by atoms with E-state index in [-0.39, 0.29) is 24.7 Å². The Morgan fingerprint density at radius 2 is 1.89 bits per heavy atom. The van der Waals surface area contributed by atoms with Crippen molar-refractivity contribution in [2.45, 2.75) is 30.8 Å². The van der Waals surface area contributed by atoms with Crippen LogP contribution in [0.2, 0.25) is 5.02 Å². The number of ether oxygens (including phenoxy) is 1. The number of nitrogens with one attached hydrogen (secondary N) is 1. The highest BCUT2D eigenvalue weighted by Crippen LogP contribution is 2.29. The molecule has 0 unspecified atom stereocenters. The fourth-order valence-corrected chi connectivity index (χ4v) is 4.58. The molecule has 3 aromatic carbocycles. The van der Waals surface area contributed by atoms with Crippen LogP contribution in [-0.4, -0.2) is 27.8 Å². The molecule has 1 amide bonds. The molecule has 4 aromatic rings. The van der Waals surface area contributed by atoms with Gasteiger partial charge in [0.25, 0.3) is 0 Å². The molecule has 9 heteroatoms. The van der Waals surface area contributed by atoms with Crippen LogP contribution in [0, 0.1) is 12.7 Å². The molecular weight excluding hydrogens is 487 g/mol. The van der Waals surface area contributed by atoms with Crippen molar-refractivity contribution in [3.63, 3.8) is 0 Å². The van der Waals surface area contributed by atoms with Crippen molar-refractivity contribution in [3.05, 3.63) is 100 Å². The lowest BCUT2D eigenvalue weighted by molar-refractivity contribution is -0.120. The van der Waals surface area contributed by atoms with E-state index in [1.807, 2.05) is 54.0 Å². The SMILES string of the molecule is COc1cccc(CSc2nnc(CNC(=O)Cc3ccc(F)cc3)n2-c2cc(Cl)ccc2C)c1. The zero-order valence-electron chi connectivity index (χ0n) is 19.3. The van der Waals surface area contributed by atoms with Crippen molar-refractivity contribution in [3.8, 4) is 11.4 Å². The molecule has 180 valence electrons. The van der Waals surface area contributed by atoms with Gasteiger partial charge in [-0.05, 0) is 60.0 Å². The van der Waals surface area contributed by atoms with Gasteiger partial charge in [0.05, 0.1) is 25.8 Å². The molecule has 0 atom stereocenters. The smallest absolute Gasteiger partial charge is 0.224 e. The van der Waals surface area contributed by atoms with Crippen LogP contribution in [0.4, 0.5) is 4.39 Å². The lowest BCUT2D eigenvalue weighted by Gasteiger charge is -2.14. The van der Waals surface area contributed by atoms with Gasteiger partial charge in [-0.25, -0.2) is 4.39 Å². The average Bonchev–Trinajstić information content (AvgIpc) is 3.27. The van der Waals surface area contributed by atoms with Crippen LogP contribution < -0.4 is 10.1 Å². The fourth-order valence-electron chi connectivity index (χ4n) is 3.51. The number of hydrogen-bond donors (Lipinski definition) is 1. The molecule has 0 saturated heterocycles. The number of hydrogen-bond acceptors (Lipinski definition) is 5. The Hall–Kier alpha value is -3.36. The number of benzene rings is 3. The van der Waals surface area contributed by atoms with E-state index >= 15 is 0 Å². The maximum atomic E-state index is 13.1. The molecule has 1 heterocycles. The Kier molecular flexibility index (Phi) is 8.05. The molecule has 35 heavy (non-hydrogen) atoms. The lowest BCUT2D eigenvalue weighted by atomic mass is 10.1. The van der Waals surface area contributed by atoms with Gasteiger partial charge in [-0.1, -0.05) is 53.7 Å². The first kappa shape index (κ1) is 24.8. The Labute approximate surface area is 212 Å². The first-order valence-corrected chi connectivity index (χ1v) is 12.3. The summed E-state index contributed by atoms with van der Waals surface area (Å²) in [5.74, 6) is 1.50. The lowest BCUT2D eigenvalue weighted by Crippen LogP contribution is -2.26. The topological polar surface area (TPSA) is 69.0 Å². The van der Waals surface area contributed by atoms with Gasteiger partial charge < -0.3 is 10.1 Å². The number of rotatable bonds is 9. The summed E-state index contributed by atoms with van der Waals surface area (Å²) in [6.07, 6.45) is 0.141. The first-order chi connectivity index (χ1) is 16.9. The standard InChI is InChI=1S/C26H24ClFN4O2S/c1-17-6-9-20(27)14-23(17)32-24(15-29-25(33)13-18-7-10-21(28)11-8-18)30-31-26(32)35-16-19-4-3-5-22(12-19)34-2/h3-12,14H,13,15-16H2,1-2H3,(H,29,33). The van der Waals surface area contributed by atoms with Gasteiger partial charge in [-0.2, -0.15) is 0 Å². The second-order valence-corrected chi connectivity index (χ2v) is 9.26. The Balaban J connectivity index is 1.55. The molecule has 0 aliphatic rings. The van der Waals surface area contributed by atoms with Gasteiger partial charge in [-0.3, -0.25) is 9.36 Å². The number of amides is 1. The zero-order valence-corrected chi connectivity index (χ0v) is 20.9. The Bertz CT molecular complexity index is 1330. The number of aromatic nitrogens is 3.